The van der Waals surface area contributed by atoms with Crippen molar-refractivity contribution in [3.63, 3.8) is 0 Å². The van der Waals surface area contributed by atoms with E-state index in [4.69, 9.17) is 11.6 Å². The summed E-state index contributed by atoms with van der Waals surface area (Å²) in [5.41, 5.74) is 1.41. The topological polar surface area (TPSA) is 12.0 Å². The van der Waals surface area contributed by atoms with Crippen LogP contribution < -0.4 is 5.32 Å². The van der Waals surface area contributed by atoms with Gasteiger partial charge in [0.15, 0.2) is 0 Å². The van der Waals surface area contributed by atoms with Crippen LogP contribution in [0.1, 0.15) is 52.0 Å². The molecule has 0 radical (unpaired) electrons. The highest BCUT2D eigenvalue weighted by Crippen LogP contribution is 2.22. The molecule has 1 rings (SSSR count). The van der Waals surface area contributed by atoms with Gasteiger partial charge in [-0.05, 0) is 61.9 Å². The predicted octanol–water partition coefficient (Wildman–Crippen LogP) is 5.32. The van der Waals surface area contributed by atoms with Crippen molar-refractivity contribution in [2.45, 2.75) is 52.9 Å². The molecule has 0 heterocycles. The maximum atomic E-state index is 5.97. The van der Waals surface area contributed by atoms with E-state index < -0.39 is 0 Å². The molecule has 1 unspecified atom stereocenters. The molecular weight excluding hydrogens is 266 g/mol. The highest BCUT2D eigenvalue weighted by molar-refractivity contribution is 6.30. The van der Waals surface area contributed by atoms with Gasteiger partial charge in [-0.2, -0.15) is 0 Å². The standard InChI is InChI=1S/C18H30ClN/c1-4-11-20-14-17(12-15(5-2)6-3)13-16-7-9-18(19)10-8-16/h7-10,15,17,20H,4-6,11-14H2,1-3H3. The SMILES string of the molecule is CCCNCC(Cc1ccc(Cl)cc1)CC(CC)CC. The van der Waals surface area contributed by atoms with E-state index in [9.17, 15) is 0 Å². The minimum absolute atomic E-state index is 0.729. The molecule has 2 heteroatoms. The van der Waals surface area contributed by atoms with Crippen LogP contribution in [0.5, 0.6) is 0 Å². The number of benzene rings is 1. The third-order valence-corrected chi connectivity index (χ3v) is 4.37. The third-order valence-electron chi connectivity index (χ3n) is 4.12. The van der Waals surface area contributed by atoms with Crippen LogP contribution in [0.3, 0.4) is 0 Å². The Kier molecular flexibility index (Phi) is 8.97. The second-order valence-electron chi connectivity index (χ2n) is 5.82. The summed E-state index contributed by atoms with van der Waals surface area (Å²) in [6.07, 6.45) is 6.28. The van der Waals surface area contributed by atoms with Crippen molar-refractivity contribution >= 4 is 11.6 Å². The van der Waals surface area contributed by atoms with E-state index in [1.807, 2.05) is 12.1 Å². The zero-order valence-electron chi connectivity index (χ0n) is 13.3. The Morgan fingerprint density at radius 2 is 1.65 bits per heavy atom. The molecular formula is C18H30ClN. The zero-order valence-corrected chi connectivity index (χ0v) is 14.0. The summed E-state index contributed by atoms with van der Waals surface area (Å²) in [4.78, 5) is 0. The second kappa shape index (κ2) is 10.2. The average Bonchev–Trinajstić information content (AvgIpc) is 2.47. The molecule has 0 aromatic heterocycles. The van der Waals surface area contributed by atoms with Gasteiger partial charge >= 0.3 is 0 Å². The van der Waals surface area contributed by atoms with Gasteiger partial charge < -0.3 is 5.32 Å². The molecule has 0 amide bonds. The fourth-order valence-electron chi connectivity index (χ4n) is 2.77. The Morgan fingerprint density at radius 1 is 1.00 bits per heavy atom. The van der Waals surface area contributed by atoms with Crippen molar-refractivity contribution in [2.75, 3.05) is 13.1 Å². The molecule has 1 aromatic carbocycles. The Bertz CT molecular complexity index is 343. The summed E-state index contributed by atoms with van der Waals surface area (Å²) in [6.45, 7) is 9.11. The fraction of sp³-hybridized carbons (Fsp3) is 0.667. The van der Waals surface area contributed by atoms with Crippen LogP contribution in [0, 0.1) is 11.8 Å². The molecule has 1 N–H and O–H groups in total. The van der Waals surface area contributed by atoms with E-state index in [0.717, 1.165) is 36.4 Å². The molecule has 0 bridgehead atoms. The Labute approximate surface area is 130 Å². The lowest BCUT2D eigenvalue weighted by molar-refractivity contribution is 0.338. The first-order valence-corrected chi connectivity index (χ1v) is 8.52. The summed E-state index contributed by atoms with van der Waals surface area (Å²) in [5.74, 6) is 1.59. The molecule has 1 aromatic rings. The van der Waals surface area contributed by atoms with E-state index in [-0.39, 0.29) is 0 Å². The van der Waals surface area contributed by atoms with Gasteiger partial charge in [0.2, 0.25) is 0 Å². The van der Waals surface area contributed by atoms with E-state index in [2.05, 4.69) is 38.2 Å². The molecule has 1 nitrogen and oxygen atoms in total. The first kappa shape index (κ1) is 17.5. The highest BCUT2D eigenvalue weighted by atomic mass is 35.5. The Morgan fingerprint density at radius 3 is 2.20 bits per heavy atom. The lowest BCUT2D eigenvalue weighted by Crippen LogP contribution is -2.26. The number of hydrogen-bond donors (Lipinski definition) is 1. The van der Waals surface area contributed by atoms with Crippen molar-refractivity contribution in [3.05, 3.63) is 34.9 Å². The summed E-state index contributed by atoms with van der Waals surface area (Å²) in [6, 6.07) is 8.35. The van der Waals surface area contributed by atoms with Crippen LogP contribution in [0.4, 0.5) is 0 Å². The normalized spacial score (nSPS) is 12.8. The number of nitrogens with one attached hydrogen (secondary N) is 1. The minimum Gasteiger partial charge on any atom is -0.316 e. The summed E-state index contributed by atoms with van der Waals surface area (Å²) < 4.78 is 0. The van der Waals surface area contributed by atoms with Gasteiger partial charge in [-0.3, -0.25) is 0 Å². The predicted molar refractivity (Wildman–Crippen MR) is 90.5 cm³/mol. The zero-order chi connectivity index (χ0) is 14.8. The van der Waals surface area contributed by atoms with E-state index in [0.29, 0.717) is 0 Å². The van der Waals surface area contributed by atoms with Crippen LogP contribution in [-0.2, 0) is 6.42 Å². The number of halogens is 1. The van der Waals surface area contributed by atoms with E-state index in [1.165, 1.54) is 31.2 Å². The Hall–Kier alpha value is -0.530. The van der Waals surface area contributed by atoms with Gasteiger partial charge in [-0.25, -0.2) is 0 Å². The molecule has 0 saturated carbocycles. The molecule has 1 atom stereocenters. The van der Waals surface area contributed by atoms with Gasteiger partial charge in [0, 0.05) is 5.02 Å². The van der Waals surface area contributed by atoms with Crippen LogP contribution in [0.25, 0.3) is 0 Å². The van der Waals surface area contributed by atoms with Crippen molar-refractivity contribution in [1.29, 1.82) is 0 Å². The number of hydrogen-bond acceptors (Lipinski definition) is 1. The Balaban J connectivity index is 2.58. The lowest BCUT2D eigenvalue weighted by atomic mass is 9.86. The summed E-state index contributed by atoms with van der Waals surface area (Å²) in [7, 11) is 0. The molecule has 0 fully saturated rings. The molecule has 114 valence electrons. The summed E-state index contributed by atoms with van der Waals surface area (Å²) >= 11 is 5.97. The van der Waals surface area contributed by atoms with Crippen LogP contribution in [-0.4, -0.2) is 13.1 Å². The largest absolute Gasteiger partial charge is 0.316 e. The van der Waals surface area contributed by atoms with Crippen LogP contribution in [0.15, 0.2) is 24.3 Å². The van der Waals surface area contributed by atoms with Gasteiger partial charge in [0.05, 0.1) is 0 Å². The number of rotatable bonds is 10. The van der Waals surface area contributed by atoms with Crippen LogP contribution >= 0.6 is 11.6 Å². The van der Waals surface area contributed by atoms with Crippen molar-refractivity contribution < 1.29 is 0 Å². The lowest BCUT2D eigenvalue weighted by Gasteiger charge is -2.22. The van der Waals surface area contributed by atoms with Crippen molar-refractivity contribution in [1.82, 2.24) is 5.32 Å². The van der Waals surface area contributed by atoms with Crippen molar-refractivity contribution in [2.24, 2.45) is 11.8 Å². The average molecular weight is 296 g/mol. The second-order valence-corrected chi connectivity index (χ2v) is 6.26. The molecule has 0 aliphatic rings. The minimum atomic E-state index is 0.729. The molecule has 0 aliphatic heterocycles. The van der Waals surface area contributed by atoms with Gasteiger partial charge in [-0.15, -0.1) is 0 Å². The molecule has 0 saturated heterocycles. The first-order valence-electron chi connectivity index (χ1n) is 8.14. The third kappa shape index (κ3) is 6.76. The smallest absolute Gasteiger partial charge is 0.0406 e. The maximum absolute atomic E-state index is 5.97. The quantitative estimate of drug-likeness (QED) is 0.576. The monoisotopic (exact) mass is 295 g/mol. The van der Waals surface area contributed by atoms with Crippen LogP contribution in [0.2, 0.25) is 5.02 Å². The summed E-state index contributed by atoms with van der Waals surface area (Å²) in [5, 5.41) is 4.42. The molecule has 0 aliphatic carbocycles. The first-order chi connectivity index (χ1) is 9.69. The van der Waals surface area contributed by atoms with Gasteiger partial charge in [-0.1, -0.05) is 57.3 Å². The molecule has 0 spiro atoms. The highest BCUT2D eigenvalue weighted by Gasteiger charge is 2.14. The van der Waals surface area contributed by atoms with Crippen molar-refractivity contribution in [3.8, 4) is 0 Å². The van der Waals surface area contributed by atoms with Gasteiger partial charge in [0.1, 0.15) is 0 Å². The van der Waals surface area contributed by atoms with Gasteiger partial charge in [0.25, 0.3) is 0 Å². The van der Waals surface area contributed by atoms with E-state index in [1.54, 1.807) is 0 Å². The molecule has 20 heavy (non-hydrogen) atoms. The van der Waals surface area contributed by atoms with E-state index >= 15 is 0 Å². The maximum Gasteiger partial charge on any atom is 0.0406 e. The fourth-order valence-corrected chi connectivity index (χ4v) is 2.90.